The first-order chi connectivity index (χ1) is 9.86. The Hall–Kier alpha value is -0.730. The lowest BCUT2D eigenvalue weighted by atomic mass is 10.1. The van der Waals surface area contributed by atoms with E-state index in [-0.39, 0.29) is 15.4 Å². The van der Waals surface area contributed by atoms with Crippen LogP contribution >= 0.6 is 27.9 Å². The van der Waals surface area contributed by atoms with E-state index in [1.54, 1.807) is 6.07 Å². The van der Waals surface area contributed by atoms with Gasteiger partial charge >= 0.3 is 6.18 Å². The number of rotatable bonds is 2. The number of aromatic amines is 1. The van der Waals surface area contributed by atoms with Crippen molar-refractivity contribution in [3.63, 3.8) is 0 Å². The van der Waals surface area contributed by atoms with Gasteiger partial charge < -0.3 is 4.98 Å². The number of alkyl halides is 3. The topological polar surface area (TPSA) is 19.0 Å². The maximum atomic E-state index is 13.9. The molecule has 0 radical (unpaired) electrons. The molecule has 1 aromatic carbocycles. The molecular formula is C13H11BrF4N2S. The number of halogens is 5. The first-order valence-corrected chi connectivity index (χ1v) is 7.94. The van der Waals surface area contributed by atoms with Gasteiger partial charge in [-0.05, 0) is 52.9 Å². The molecule has 0 spiro atoms. The molecule has 0 amide bonds. The van der Waals surface area contributed by atoms with Gasteiger partial charge in [0.25, 0.3) is 0 Å². The number of nitrogens with zero attached hydrogens (tertiary/aromatic N) is 1. The summed E-state index contributed by atoms with van der Waals surface area (Å²) in [7, 11) is 0. The summed E-state index contributed by atoms with van der Waals surface area (Å²) in [5.41, 5.74) is -0.902. The van der Waals surface area contributed by atoms with Crippen molar-refractivity contribution in [2.24, 2.45) is 0 Å². The van der Waals surface area contributed by atoms with Crippen LogP contribution in [-0.4, -0.2) is 22.4 Å². The number of H-pyrrole nitrogens is 1. The lowest BCUT2D eigenvalue weighted by Crippen LogP contribution is -2.08. The van der Waals surface area contributed by atoms with Crippen LogP contribution in [0.4, 0.5) is 17.6 Å². The molecule has 3 rings (SSSR count). The lowest BCUT2D eigenvalue weighted by molar-refractivity contribution is -0.138. The molecule has 1 saturated heterocycles. The van der Waals surface area contributed by atoms with E-state index in [9.17, 15) is 17.6 Å². The van der Waals surface area contributed by atoms with Crippen LogP contribution in [0, 0.1) is 5.82 Å². The maximum Gasteiger partial charge on any atom is 0.417 e. The van der Waals surface area contributed by atoms with E-state index >= 15 is 0 Å². The fourth-order valence-electron chi connectivity index (χ4n) is 2.37. The Morgan fingerprint density at radius 3 is 2.48 bits per heavy atom. The molecule has 2 aromatic rings. The summed E-state index contributed by atoms with van der Waals surface area (Å²) in [4.78, 5) is 2.86. The second kappa shape index (κ2) is 5.48. The third-order valence-electron chi connectivity index (χ3n) is 3.37. The van der Waals surface area contributed by atoms with Gasteiger partial charge in [-0.1, -0.05) is 0 Å². The minimum atomic E-state index is -4.59. The number of aromatic nitrogens is 1. The van der Waals surface area contributed by atoms with E-state index in [1.807, 2.05) is 0 Å². The van der Waals surface area contributed by atoms with Gasteiger partial charge in [-0.3, -0.25) is 0 Å². The molecule has 0 atom stereocenters. The summed E-state index contributed by atoms with van der Waals surface area (Å²) in [5, 5.41) is 0.856. The Morgan fingerprint density at radius 1 is 1.19 bits per heavy atom. The lowest BCUT2D eigenvalue weighted by Gasteiger charge is -2.10. The maximum absolute atomic E-state index is 13.9. The second-order valence-electron chi connectivity index (χ2n) is 4.87. The van der Waals surface area contributed by atoms with Gasteiger partial charge in [0.05, 0.1) is 16.1 Å². The van der Waals surface area contributed by atoms with Crippen molar-refractivity contribution in [2.45, 2.75) is 24.0 Å². The molecule has 1 aliphatic rings. The Morgan fingerprint density at radius 2 is 1.86 bits per heavy atom. The highest BCUT2D eigenvalue weighted by molar-refractivity contribution is 9.10. The quantitative estimate of drug-likeness (QED) is 0.569. The van der Waals surface area contributed by atoms with Crippen molar-refractivity contribution in [1.29, 1.82) is 0 Å². The van der Waals surface area contributed by atoms with Crippen LogP contribution in [0.15, 0.2) is 21.6 Å². The van der Waals surface area contributed by atoms with Crippen LogP contribution in [0.1, 0.15) is 18.4 Å². The molecule has 1 aliphatic heterocycles. The average molecular weight is 383 g/mol. The summed E-state index contributed by atoms with van der Waals surface area (Å²) in [6.07, 6.45) is -2.39. The van der Waals surface area contributed by atoms with Gasteiger partial charge in [0.2, 0.25) is 0 Å². The summed E-state index contributed by atoms with van der Waals surface area (Å²) < 4.78 is 54.5. The monoisotopic (exact) mass is 382 g/mol. The Labute approximate surface area is 131 Å². The minimum absolute atomic E-state index is 0.0940. The van der Waals surface area contributed by atoms with Gasteiger partial charge in [-0.25, -0.2) is 8.70 Å². The fraction of sp³-hybridized carbons (Fsp3) is 0.385. The number of nitrogens with one attached hydrogen (secondary N) is 1. The Balaban J connectivity index is 2.04. The Kier molecular flexibility index (Phi) is 3.96. The van der Waals surface area contributed by atoms with Gasteiger partial charge in [0.15, 0.2) is 0 Å². The molecule has 2 heterocycles. The van der Waals surface area contributed by atoms with Crippen molar-refractivity contribution >= 4 is 38.8 Å². The first kappa shape index (κ1) is 15.2. The van der Waals surface area contributed by atoms with Crippen LogP contribution in [0.3, 0.4) is 0 Å². The number of hydrogen-bond acceptors (Lipinski definition) is 2. The van der Waals surface area contributed by atoms with Crippen LogP contribution in [0.25, 0.3) is 10.9 Å². The van der Waals surface area contributed by atoms with E-state index < -0.39 is 17.6 Å². The number of fused-ring (bicyclic) bond motifs is 1. The normalized spacial score (nSPS) is 17.0. The molecule has 0 unspecified atom stereocenters. The SMILES string of the molecule is Fc1cc(C(F)(F)F)c(Br)c2cc(SN3CCCC3)[nH]c12. The third kappa shape index (κ3) is 2.93. The summed E-state index contributed by atoms with van der Waals surface area (Å²) in [5.74, 6) is -0.895. The molecule has 8 heteroatoms. The van der Waals surface area contributed by atoms with Gasteiger partial charge in [-0.15, -0.1) is 0 Å². The first-order valence-electron chi connectivity index (χ1n) is 6.37. The molecule has 1 N–H and O–H groups in total. The molecule has 0 bridgehead atoms. The zero-order chi connectivity index (χ0) is 15.2. The molecular weight excluding hydrogens is 372 g/mol. The molecule has 21 heavy (non-hydrogen) atoms. The molecule has 114 valence electrons. The summed E-state index contributed by atoms with van der Waals surface area (Å²) in [6.45, 7) is 1.86. The van der Waals surface area contributed by atoms with Crippen molar-refractivity contribution in [2.75, 3.05) is 13.1 Å². The van der Waals surface area contributed by atoms with E-state index in [2.05, 4.69) is 25.2 Å². The molecule has 2 nitrogen and oxygen atoms in total. The zero-order valence-corrected chi connectivity index (χ0v) is 13.1. The molecule has 1 fully saturated rings. The highest BCUT2D eigenvalue weighted by Gasteiger charge is 2.35. The van der Waals surface area contributed by atoms with Gasteiger partial charge in [0.1, 0.15) is 5.82 Å². The average Bonchev–Trinajstić information content (AvgIpc) is 3.02. The predicted octanol–water partition coefficient (Wildman–Crippen LogP) is 5.19. The van der Waals surface area contributed by atoms with Crippen LogP contribution in [0.2, 0.25) is 0 Å². The van der Waals surface area contributed by atoms with Crippen LogP contribution < -0.4 is 0 Å². The highest BCUT2D eigenvalue weighted by Crippen LogP contribution is 2.41. The largest absolute Gasteiger partial charge is 0.417 e. The molecule has 1 aromatic heterocycles. The summed E-state index contributed by atoms with van der Waals surface area (Å²) >= 11 is 4.37. The highest BCUT2D eigenvalue weighted by atomic mass is 79.9. The standard InChI is InChI=1S/C13H11BrF4N2S/c14-11-7-5-10(21-20-3-1-2-4-20)19-12(7)9(15)6-8(11)13(16,17)18/h5-6,19H,1-4H2. The fourth-order valence-corrected chi connectivity index (χ4v) is 4.06. The molecule has 0 aliphatic carbocycles. The molecule has 0 saturated carbocycles. The number of hydrogen-bond donors (Lipinski definition) is 1. The van der Waals surface area contributed by atoms with Gasteiger partial charge in [-0.2, -0.15) is 13.2 Å². The third-order valence-corrected chi connectivity index (χ3v) is 5.27. The van der Waals surface area contributed by atoms with E-state index in [0.29, 0.717) is 11.1 Å². The van der Waals surface area contributed by atoms with Crippen molar-refractivity contribution < 1.29 is 17.6 Å². The van der Waals surface area contributed by atoms with Gasteiger partial charge in [0, 0.05) is 22.9 Å². The van der Waals surface area contributed by atoms with Crippen LogP contribution in [-0.2, 0) is 6.18 Å². The van der Waals surface area contributed by atoms with E-state index in [4.69, 9.17) is 0 Å². The zero-order valence-electron chi connectivity index (χ0n) is 10.7. The van der Waals surface area contributed by atoms with Crippen LogP contribution in [0.5, 0.6) is 0 Å². The predicted molar refractivity (Wildman–Crippen MR) is 77.6 cm³/mol. The summed E-state index contributed by atoms with van der Waals surface area (Å²) in [6, 6.07) is 2.08. The smallest absolute Gasteiger partial charge is 0.346 e. The second-order valence-corrected chi connectivity index (χ2v) is 6.80. The van der Waals surface area contributed by atoms with E-state index in [1.165, 1.54) is 11.9 Å². The minimum Gasteiger partial charge on any atom is -0.346 e. The Bertz CT molecular complexity index is 677. The van der Waals surface area contributed by atoms with Crippen molar-refractivity contribution in [1.82, 2.24) is 9.29 Å². The van der Waals surface area contributed by atoms with Crippen molar-refractivity contribution in [3.8, 4) is 0 Å². The number of benzene rings is 1. The van der Waals surface area contributed by atoms with E-state index in [0.717, 1.165) is 25.9 Å². The van der Waals surface area contributed by atoms with Crippen molar-refractivity contribution in [3.05, 3.63) is 28.0 Å².